The molecule has 6 nitrogen and oxygen atoms in total. The number of methoxy groups -OCH3 is 1. The van der Waals surface area contributed by atoms with E-state index in [1.165, 1.54) is 12.0 Å². The number of anilines is 1. The summed E-state index contributed by atoms with van der Waals surface area (Å²) in [7, 11) is 1.50. The van der Waals surface area contributed by atoms with Crippen LogP contribution in [0.2, 0.25) is 0 Å². The van der Waals surface area contributed by atoms with Gasteiger partial charge in [-0.25, -0.2) is 4.98 Å². The van der Waals surface area contributed by atoms with Gasteiger partial charge in [0.05, 0.1) is 13.5 Å². The zero-order valence-electron chi connectivity index (χ0n) is 15.3. The summed E-state index contributed by atoms with van der Waals surface area (Å²) in [5, 5.41) is 0. The number of hydrogen-bond donors (Lipinski definition) is 0. The van der Waals surface area contributed by atoms with Crippen LogP contribution in [0.25, 0.3) is 0 Å². The Hall–Kier alpha value is -3.85. The molecule has 0 atom stereocenters. The van der Waals surface area contributed by atoms with Crippen LogP contribution in [0, 0.1) is 0 Å². The minimum absolute atomic E-state index is 0.0109. The maximum atomic E-state index is 12.9. The first-order valence-corrected chi connectivity index (χ1v) is 8.63. The van der Waals surface area contributed by atoms with Gasteiger partial charge < -0.3 is 9.47 Å². The maximum Gasteiger partial charge on any atom is 0.313 e. The van der Waals surface area contributed by atoms with E-state index in [-0.39, 0.29) is 18.9 Å². The summed E-state index contributed by atoms with van der Waals surface area (Å²) in [5.41, 5.74) is 5.95. The SMILES string of the molecule is COc1ccccc1OC(=O)CCN(C(=O)C1=CC=C=C=C1)c1ccccn1. The average Bonchev–Trinajstić information content (AvgIpc) is 2.75. The number of hydrogen-bond acceptors (Lipinski definition) is 5. The summed E-state index contributed by atoms with van der Waals surface area (Å²) in [4.78, 5) is 30.9. The molecule has 0 saturated heterocycles. The largest absolute Gasteiger partial charge is 0.493 e. The molecule has 1 aromatic heterocycles. The van der Waals surface area contributed by atoms with Crippen molar-refractivity contribution in [1.82, 2.24) is 4.98 Å². The Labute approximate surface area is 162 Å². The predicted molar refractivity (Wildman–Crippen MR) is 104 cm³/mol. The molecule has 0 unspecified atom stereocenters. The van der Waals surface area contributed by atoms with Crippen molar-refractivity contribution in [2.75, 3.05) is 18.6 Å². The van der Waals surface area contributed by atoms with Crippen molar-refractivity contribution >= 4 is 17.7 Å². The number of rotatable bonds is 7. The Morgan fingerprint density at radius 1 is 1.07 bits per heavy atom. The molecule has 6 heteroatoms. The van der Waals surface area contributed by atoms with E-state index >= 15 is 0 Å². The fraction of sp³-hybridized carbons (Fsp3) is 0.136. The van der Waals surface area contributed by atoms with Crippen LogP contribution in [-0.4, -0.2) is 30.5 Å². The van der Waals surface area contributed by atoms with Crippen molar-refractivity contribution in [2.45, 2.75) is 6.42 Å². The molecule has 0 bridgehead atoms. The summed E-state index contributed by atoms with van der Waals surface area (Å²) in [6.45, 7) is 0.114. The molecule has 3 rings (SSSR count). The molecule has 1 amide bonds. The maximum absolute atomic E-state index is 12.9. The standard InChI is InChI=1S/C22H18N2O4/c1-27-18-11-5-6-12-19(18)28-21(25)14-16-24(20-13-7-8-15-23-20)22(26)17-9-3-2-4-10-17/h3,5-13,15H,14,16H2,1H3. The van der Waals surface area contributed by atoms with E-state index in [4.69, 9.17) is 9.47 Å². The molecule has 0 aliphatic heterocycles. The number of benzene rings is 1. The number of ether oxygens (including phenoxy) is 2. The highest BCUT2D eigenvalue weighted by Crippen LogP contribution is 2.26. The lowest BCUT2D eigenvalue weighted by molar-refractivity contribution is -0.134. The average molecular weight is 374 g/mol. The van der Waals surface area contributed by atoms with E-state index in [9.17, 15) is 9.59 Å². The quantitative estimate of drug-likeness (QED) is 0.423. The molecular formula is C22H18N2O4. The van der Waals surface area contributed by atoms with Gasteiger partial charge >= 0.3 is 5.97 Å². The smallest absolute Gasteiger partial charge is 0.313 e. The van der Waals surface area contributed by atoms with Crippen LogP contribution in [-0.2, 0) is 9.59 Å². The zero-order valence-corrected chi connectivity index (χ0v) is 15.3. The van der Waals surface area contributed by atoms with Gasteiger partial charge in [-0.2, -0.15) is 0 Å². The Kier molecular flexibility index (Phi) is 6.21. The fourth-order valence-corrected chi connectivity index (χ4v) is 2.55. The highest BCUT2D eigenvalue weighted by atomic mass is 16.6. The highest BCUT2D eigenvalue weighted by Gasteiger charge is 2.21. The summed E-state index contributed by atoms with van der Waals surface area (Å²) < 4.78 is 10.6. The monoisotopic (exact) mass is 374 g/mol. The molecule has 140 valence electrons. The van der Waals surface area contributed by atoms with Gasteiger partial charge in [0.1, 0.15) is 5.82 Å². The van der Waals surface area contributed by atoms with Crippen LogP contribution < -0.4 is 14.4 Å². The van der Waals surface area contributed by atoms with Gasteiger partial charge in [0.25, 0.3) is 5.91 Å². The van der Waals surface area contributed by atoms with Crippen molar-refractivity contribution in [1.29, 1.82) is 0 Å². The lowest BCUT2D eigenvalue weighted by Gasteiger charge is -2.22. The van der Waals surface area contributed by atoms with Gasteiger partial charge in [-0.3, -0.25) is 14.5 Å². The summed E-state index contributed by atoms with van der Waals surface area (Å²) in [6.07, 6.45) is 6.38. The van der Waals surface area contributed by atoms with Crippen molar-refractivity contribution in [3.63, 3.8) is 0 Å². The lowest BCUT2D eigenvalue weighted by atomic mass is 10.1. The van der Waals surface area contributed by atoms with Gasteiger partial charge in [0, 0.05) is 24.4 Å². The number of carbonyl (C=O) groups excluding carboxylic acids is 2. The number of aromatic nitrogens is 1. The molecule has 0 fully saturated rings. The number of esters is 1. The number of carbonyl (C=O) groups is 2. The van der Waals surface area contributed by atoms with Crippen molar-refractivity contribution in [3.05, 3.63) is 83.9 Å². The molecule has 0 radical (unpaired) electrons. The van der Waals surface area contributed by atoms with E-state index in [2.05, 4.69) is 16.4 Å². The molecule has 0 N–H and O–H groups in total. The number of nitrogens with zero attached hydrogens (tertiary/aromatic N) is 2. The van der Waals surface area contributed by atoms with Gasteiger partial charge in [-0.15, -0.1) is 0 Å². The van der Waals surface area contributed by atoms with E-state index in [1.54, 1.807) is 66.9 Å². The summed E-state index contributed by atoms with van der Waals surface area (Å²) in [6, 6.07) is 12.1. The number of amides is 1. The molecule has 1 heterocycles. The molecule has 1 aliphatic carbocycles. The van der Waals surface area contributed by atoms with E-state index < -0.39 is 5.97 Å². The van der Waals surface area contributed by atoms with Crippen LogP contribution in [0.15, 0.2) is 83.9 Å². The first-order chi connectivity index (χ1) is 13.7. The molecule has 2 aromatic rings. The van der Waals surface area contributed by atoms with Crippen LogP contribution in [0.3, 0.4) is 0 Å². The molecule has 1 aromatic carbocycles. The number of pyridine rings is 1. The predicted octanol–water partition coefficient (Wildman–Crippen LogP) is 3.23. The third-order valence-electron chi connectivity index (χ3n) is 3.91. The minimum atomic E-state index is -0.480. The molecule has 28 heavy (non-hydrogen) atoms. The Morgan fingerprint density at radius 3 is 2.54 bits per heavy atom. The first kappa shape index (κ1) is 18.9. The molecule has 0 spiro atoms. The van der Waals surface area contributed by atoms with Crippen molar-refractivity contribution in [2.24, 2.45) is 0 Å². The zero-order chi connectivity index (χ0) is 19.8. The van der Waals surface area contributed by atoms with Gasteiger partial charge in [-0.05, 0) is 36.4 Å². The van der Waals surface area contributed by atoms with Crippen LogP contribution in [0.5, 0.6) is 11.5 Å². The van der Waals surface area contributed by atoms with E-state index in [0.717, 1.165) is 0 Å². The second-order valence-electron chi connectivity index (χ2n) is 5.74. The molecule has 1 aliphatic rings. The fourth-order valence-electron chi connectivity index (χ4n) is 2.55. The number of allylic oxidation sites excluding steroid dienone is 2. The summed E-state index contributed by atoms with van der Waals surface area (Å²) >= 11 is 0. The first-order valence-electron chi connectivity index (χ1n) is 8.63. The van der Waals surface area contributed by atoms with Crippen LogP contribution in [0.4, 0.5) is 5.82 Å². The van der Waals surface area contributed by atoms with Crippen LogP contribution >= 0.6 is 0 Å². The lowest BCUT2D eigenvalue weighted by Crippen LogP contribution is -2.35. The topological polar surface area (TPSA) is 68.7 Å². The van der Waals surface area contributed by atoms with Crippen molar-refractivity contribution in [3.8, 4) is 11.5 Å². The normalized spacial score (nSPS) is 11.7. The Bertz CT molecular complexity index is 998. The third kappa shape index (κ3) is 4.65. The number of para-hydroxylation sites is 2. The van der Waals surface area contributed by atoms with Gasteiger partial charge in [-0.1, -0.05) is 29.7 Å². The highest BCUT2D eigenvalue weighted by molar-refractivity contribution is 6.07. The van der Waals surface area contributed by atoms with Crippen LogP contribution in [0.1, 0.15) is 6.42 Å². The van der Waals surface area contributed by atoms with Crippen molar-refractivity contribution < 1.29 is 19.1 Å². The molecule has 0 saturated carbocycles. The minimum Gasteiger partial charge on any atom is -0.493 e. The second-order valence-corrected chi connectivity index (χ2v) is 5.74. The Balaban J connectivity index is 1.72. The van der Waals surface area contributed by atoms with E-state index in [1.807, 2.05) is 0 Å². The third-order valence-corrected chi connectivity index (χ3v) is 3.91. The van der Waals surface area contributed by atoms with Gasteiger partial charge in [0.2, 0.25) is 0 Å². The van der Waals surface area contributed by atoms with Gasteiger partial charge in [0.15, 0.2) is 11.5 Å². The second kappa shape index (κ2) is 9.19. The Morgan fingerprint density at radius 2 is 1.86 bits per heavy atom. The van der Waals surface area contributed by atoms with E-state index in [0.29, 0.717) is 22.9 Å². The molecular weight excluding hydrogens is 356 g/mol. The summed E-state index contributed by atoms with van der Waals surface area (Å²) in [5.74, 6) is 0.481.